The molecule has 5 aromatic rings. The number of nitrogens with zero attached hydrogens (tertiary/aromatic N) is 5. The van der Waals surface area contributed by atoms with E-state index in [1.165, 1.54) is 23.5 Å². The van der Waals surface area contributed by atoms with Gasteiger partial charge in [0, 0.05) is 70.5 Å². The fourth-order valence-corrected chi connectivity index (χ4v) is 7.63. The molecule has 3 aromatic heterocycles. The molecular weight excluding hydrogens is 675 g/mol. The average molecular weight is 711 g/mol. The molecule has 1 unspecified atom stereocenters. The summed E-state index contributed by atoms with van der Waals surface area (Å²) < 4.78 is 51.7. The smallest absolute Gasteiger partial charge is 0.246 e. The zero-order valence-electron chi connectivity index (χ0n) is 28.2. The van der Waals surface area contributed by atoms with Crippen LogP contribution in [-0.4, -0.2) is 71.8 Å². The van der Waals surface area contributed by atoms with Crippen LogP contribution in [0.2, 0.25) is 0 Å². The van der Waals surface area contributed by atoms with Gasteiger partial charge in [0.25, 0.3) is 0 Å². The Morgan fingerprint density at radius 3 is 2.73 bits per heavy atom. The fourth-order valence-electron chi connectivity index (χ4n) is 6.68. The molecule has 0 saturated heterocycles. The quantitative estimate of drug-likeness (QED) is 0.0906. The van der Waals surface area contributed by atoms with E-state index in [0.29, 0.717) is 74.8 Å². The maximum atomic E-state index is 16.3. The summed E-state index contributed by atoms with van der Waals surface area (Å²) in [6.45, 7) is 7.32. The highest BCUT2D eigenvalue weighted by atomic mass is 32.1. The number of aromatic nitrogens is 3. The molecule has 1 amide bonds. The predicted molar refractivity (Wildman–Crippen MR) is 195 cm³/mol. The standard InChI is InChI=1S/C38H36F2N6O4S/c1-4-29-30-20-28(44-46(30)10-9-45(29)33(47)5-2)37-35-34-26(40)17-23(39)18-32(34)50-14-13-48-11-6-7-12-49-31-19-27(41)22(21-42-3)16-25(31)36(43-37)24-8-15-51-38(24)35/h5-8,15-21,29H,2,4,9-14,41H2,1,3H3/b7-6+,42-21?. The molecule has 2 aromatic carbocycles. The second-order valence-electron chi connectivity index (χ2n) is 12.0. The van der Waals surface area contributed by atoms with Crippen LogP contribution in [-0.2, 0) is 16.1 Å². The Bertz CT molecular complexity index is 2210. The zero-order chi connectivity index (χ0) is 35.6. The summed E-state index contributed by atoms with van der Waals surface area (Å²) in [5, 5.41) is 7.61. The van der Waals surface area contributed by atoms with Gasteiger partial charge in [0.15, 0.2) is 0 Å². The minimum Gasteiger partial charge on any atom is -0.490 e. The van der Waals surface area contributed by atoms with Gasteiger partial charge in [-0.05, 0) is 42.2 Å². The molecule has 13 heteroatoms. The third-order valence-corrected chi connectivity index (χ3v) is 9.89. The van der Waals surface area contributed by atoms with E-state index in [1.54, 1.807) is 24.2 Å². The fraction of sp³-hybridized carbons (Fsp3) is 0.263. The minimum atomic E-state index is -0.812. The number of carbonyl (C=O) groups is 1. The zero-order valence-corrected chi connectivity index (χ0v) is 29.0. The first-order chi connectivity index (χ1) is 24.8. The first kappa shape index (κ1) is 34.1. The van der Waals surface area contributed by atoms with Crippen molar-refractivity contribution in [3.05, 3.63) is 89.5 Å². The van der Waals surface area contributed by atoms with Gasteiger partial charge in [-0.1, -0.05) is 19.6 Å². The Balaban J connectivity index is 1.56. The van der Waals surface area contributed by atoms with Crippen LogP contribution in [0.15, 0.2) is 71.6 Å². The Morgan fingerprint density at radius 2 is 1.92 bits per heavy atom. The number of nitrogen functional groups attached to an aromatic ring is 1. The number of hydrogen-bond acceptors (Lipinski definition) is 9. The van der Waals surface area contributed by atoms with Crippen LogP contribution in [0.3, 0.4) is 0 Å². The number of amides is 1. The van der Waals surface area contributed by atoms with E-state index in [0.717, 1.165) is 11.8 Å². The first-order valence-corrected chi connectivity index (χ1v) is 17.5. The van der Waals surface area contributed by atoms with Crippen molar-refractivity contribution < 1.29 is 27.8 Å². The van der Waals surface area contributed by atoms with Gasteiger partial charge in [-0.3, -0.25) is 14.5 Å². The number of anilines is 1. The second-order valence-corrected chi connectivity index (χ2v) is 12.9. The van der Waals surface area contributed by atoms with Crippen LogP contribution in [0, 0.1) is 11.6 Å². The topological polar surface area (TPSA) is 117 Å². The van der Waals surface area contributed by atoms with Gasteiger partial charge < -0.3 is 24.8 Å². The van der Waals surface area contributed by atoms with Gasteiger partial charge >= 0.3 is 0 Å². The van der Waals surface area contributed by atoms with Crippen molar-refractivity contribution in [3.63, 3.8) is 0 Å². The first-order valence-electron chi connectivity index (χ1n) is 16.6. The number of pyridine rings is 1. The van der Waals surface area contributed by atoms with Crippen molar-refractivity contribution >= 4 is 39.2 Å². The van der Waals surface area contributed by atoms with E-state index in [1.807, 2.05) is 47.3 Å². The molecule has 51 heavy (non-hydrogen) atoms. The molecule has 2 N–H and O–H groups in total. The van der Waals surface area contributed by atoms with Gasteiger partial charge in [0.05, 0.1) is 42.8 Å². The molecule has 1 atom stereocenters. The number of halogens is 2. The summed E-state index contributed by atoms with van der Waals surface area (Å²) in [6.07, 6.45) is 7.27. The Hall–Kier alpha value is -5.40. The largest absolute Gasteiger partial charge is 0.490 e. The number of carbonyl (C=O) groups excluding carboxylic acids is 1. The van der Waals surface area contributed by atoms with Crippen molar-refractivity contribution in [2.45, 2.75) is 25.9 Å². The summed E-state index contributed by atoms with van der Waals surface area (Å²) in [5.41, 5.74) is 10.8. The molecule has 262 valence electrons. The lowest BCUT2D eigenvalue weighted by Gasteiger charge is -2.34. The third kappa shape index (κ3) is 6.38. The second kappa shape index (κ2) is 14.4. The van der Waals surface area contributed by atoms with Crippen molar-refractivity contribution in [3.8, 4) is 45.3 Å². The lowest BCUT2D eigenvalue weighted by molar-refractivity contribution is -0.129. The Labute approximate surface area is 297 Å². The van der Waals surface area contributed by atoms with E-state index in [2.05, 4.69) is 11.6 Å². The number of aliphatic imine (C=N–C) groups is 1. The summed E-state index contributed by atoms with van der Waals surface area (Å²) in [7, 11) is 1.66. The van der Waals surface area contributed by atoms with E-state index < -0.39 is 11.6 Å². The van der Waals surface area contributed by atoms with E-state index in [4.69, 9.17) is 30.0 Å². The lowest BCUT2D eigenvalue weighted by Crippen LogP contribution is -2.41. The Kier molecular flexibility index (Phi) is 9.65. The minimum absolute atomic E-state index is 0.0116. The van der Waals surface area contributed by atoms with Crippen LogP contribution in [0.25, 0.3) is 43.9 Å². The SMILES string of the molecule is C=CC(=O)N1CCn2nc(-c3nc4c5ccsc5c3-c3c(F)cc(F)cc3OCCOC/C=C/COc3cc(N)c(C=NC)cc3-4)cc2C1CC. The van der Waals surface area contributed by atoms with Gasteiger partial charge in [-0.15, -0.1) is 11.3 Å². The summed E-state index contributed by atoms with van der Waals surface area (Å²) in [4.78, 5) is 24.1. The molecule has 0 aliphatic carbocycles. The highest BCUT2D eigenvalue weighted by Crippen LogP contribution is 2.49. The molecule has 2 aliphatic heterocycles. The van der Waals surface area contributed by atoms with Crippen LogP contribution in [0.4, 0.5) is 14.5 Å². The van der Waals surface area contributed by atoms with E-state index >= 15 is 4.39 Å². The molecule has 2 aliphatic rings. The van der Waals surface area contributed by atoms with Crippen molar-refractivity contribution in [2.75, 3.05) is 45.8 Å². The molecule has 0 saturated carbocycles. The van der Waals surface area contributed by atoms with Gasteiger partial charge in [-0.25, -0.2) is 13.8 Å². The van der Waals surface area contributed by atoms with Crippen LogP contribution < -0.4 is 15.2 Å². The lowest BCUT2D eigenvalue weighted by atomic mass is 9.95. The molecule has 2 bridgehead atoms. The molecule has 0 spiro atoms. The van der Waals surface area contributed by atoms with Crippen LogP contribution in [0.1, 0.15) is 30.6 Å². The number of thiophene rings is 1. The van der Waals surface area contributed by atoms with E-state index in [-0.39, 0.29) is 49.7 Å². The average Bonchev–Trinajstić information content (AvgIpc) is 3.79. The van der Waals surface area contributed by atoms with Crippen molar-refractivity contribution in [2.24, 2.45) is 4.99 Å². The summed E-state index contributed by atoms with van der Waals surface area (Å²) >= 11 is 1.39. The number of fused-ring (bicyclic) bond motifs is 5. The van der Waals surface area contributed by atoms with Crippen molar-refractivity contribution in [1.29, 1.82) is 0 Å². The molecule has 10 nitrogen and oxygen atoms in total. The number of nitrogens with two attached hydrogens (primary N) is 1. The highest BCUT2D eigenvalue weighted by molar-refractivity contribution is 7.18. The van der Waals surface area contributed by atoms with Gasteiger partial charge in [0.2, 0.25) is 5.91 Å². The normalized spacial score (nSPS) is 16.9. The van der Waals surface area contributed by atoms with Crippen LogP contribution >= 0.6 is 11.3 Å². The van der Waals surface area contributed by atoms with Gasteiger partial charge in [0.1, 0.15) is 47.7 Å². The molecule has 7 rings (SSSR count). The molecular formula is C38H36F2N6O4S. The van der Waals surface area contributed by atoms with Crippen LogP contribution in [0.5, 0.6) is 11.5 Å². The summed E-state index contributed by atoms with van der Waals surface area (Å²) in [6, 6.07) is 9.18. The molecule has 0 fully saturated rings. The molecule has 0 radical (unpaired) electrons. The maximum Gasteiger partial charge on any atom is 0.246 e. The Morgan fingerprint density at radius 1 is 1.08 bits per heavy atom. The van der Waals surface area contributed by atoms with Crippen molar-refractivity contribution in [1.82, 2.24) is 19.7 Å². The number of ether oxygens (including phenoxy) is 3. The predicted octanol–water partition coefficient (Wildman–Crippen LogP) is 7.23. The maximum absolute atomic E-state index is 16.3. The summed E-state index contributed by atoms with van der Waals surface area (Å²) in [5.74, 6) is -1.26. The third-order valence-electron chi connectivity index (χ3n) is 8.95. The number of benzene rings is 2. The number of rotatable bonds is 4. The number of hydrogen-bond donors (Lipinski definition) is 1. The van der Waals surface area contributed by atoms with Gasteiger partial charge in [-0.2, -0.15) is 5.10 Å². The molecule has 5 heterocycles. The highest BCUT2D eigenvalue weighted by Gasteiger charge is 2.33. The monoisotopic (exact) mass is 710 g/mol. The van der Waals surface area contributed by atoms with E-state index in [9.17, 15) is 9.18 Å².